The van der Waals surface area contributed by atoms with Crippen molar-refractivity contribution in [2.45, 2.75) is 12.8 Å². The van der Waals surface area contributed by atoms with Crippen LogP contribution in [0.4, 0.5) is 0 Å². The normalized spacial score (nSPS) is 10.4. The summed E-state index contributed by atoms with van der Waals surface area (Å²) in [7, 11) is 0. The zero-order valence-corrected chi connectivity index (χ0v) is 9.78. The number of hydrogen-bond donors (Lipinski definition) is 2. The van der Waals surface area contributed by atoms with E-state index >= 15 is 0 Å². The van der Waals surface area contributed by atoms with Crippen LogP contribution in [0.1, 0.15) is 15.4 Å². The summed E-state index contributed by atoms with van der Waals surface area (Å²) in [5.74, 6) is -0.607. The van der Waals surface area contributed by atoms with Crippen LogP contribution in [-0.4, -0.2) is 21.2 Å². The summed E-state index contributed by atoms with van der Waals surface area (Å²) in [6, 6.07) is 6.91. The van der Waals surface area contributed by atoms with Crippen molar-refractivity contribution >= 4 is 17.3 Å². The van der Waals surface area contributed by atoms with Crippen molar-refractivity contribution in [2.24, 2.45) is 0 Å². The molecule has 2 aromatic rings. The number of rotatable bonds is 4. The number of phenolic OH excluding ortho intramolecular Hbond substituents is 1. The number of carbonyl (C=O) groups is 1. The van der Waals surface area contributed by atoms with Crippen molar-refractivity contribution in [2.75, 3.05) is 0 Å². The lowest BCUT2D eigenvalue weighted by Gasteiger charge is -1.97. The molecule has 0 aliphatic rings. The second-order valence-electron chi connectivity index (χ2n) is 3.63. The lowest BCUT2D eigenvalue weighted by molar-refractivity contribution is -0.136. The second kappa shape index (κ2) is 4.97. The van der Waals surface area contributed by atoms with E-state index < -0.39 is 5.97 Å². The molecule has 0 atom stereocenters. The predicted octanol–water partition coefficient (Wildman–Crippen LogP) is 2.07. The molecule has 2 rings (SSSR count). The van der Waals surface area contributed by atoms with Crippen LogP contribution in [-0.2, 0) is 17.6 Å². The molecule has 2 N–H and O–H groups in total. The van der Waals surface area contributed by atoms with Gasteiger partial charge in [0.1, 0.15) is 5.75 Å². The van der Waals surface area contributed by atoms with Gasteiger partial charge in [-0.3, -0.25) is 4.79 Å². The van der Waals surface area contributed by atoms with Crippen LogP contribution < -0.4 is 0 Å². The van der Waals surface area contributed by atoms with E-state index in [1.54, 1.807) is 18.3 Å². The van der Waals surface area contributed by atoms with Crippen molar-refractivity contribution in [3.8, 4) is 5.75 Å². The Hall–Kier alpha value is -1.88. The van der Waals surface area contributed by atoms with Crippen molar-refractivity contribution in [1.82, 2.24) is 4.98 Å². The third-order valence-electron chi connectivity index (χ3n) is 2.22. The van der Waals surface area contributed by atoms with E-state index in [1.807, 2.05) is 12.1 Å². The number of hydrogen-bond acceptors (Lipinski definition) is 4. The number of nitrogens with zero attached hydrogens (tertiary/aromatic N) is 1. The highest BCUT2D eigenvalue weighted by Gasteiger charge is 2.06. The van der Waals surface area contributed by atoms with Gasteiger partial charge >= 0.3 is 5.97 Å². The minimum Gasteiger partial charge on any atom is -0.508 e. The van der Waals surface area contributed by atoms with Crippen LogP contribution in [0.2, 0.25) is 0 Å². The van der Waals surface area contributed by atoms with Crippen LogP contribution in [0, 0.1) is 0 Å². The molecule has 4 nitrogen and oxygen atoms in total. The SMILES string of the molecule is O=C(O)Cc1cnc(Cc2ccc(O)cc2)s1. The molecule has 0 saturated heterocycles. The van der Waals surface area contributed by atoms with Gasteiger partial charge in [-0.2, -0.15) is 0 Å². The molecular weight excluding hydrogens is 238 g/mol. The highest BCUT2D eigenvalue weighted by Crippen LogP contribution is 2.18. The quantitative estimate of drug-likeness (QED) is 0.870. The number of benzene rings is 1. The molecule has 88 valence electrons. The first-order valence-corrected chi connectivity index (χ1v) is 5.88. The van der Waals surface area contributed by atoms with Crippen molar-refractivity contribution in [3.05, 3.63) is 45.9 Å². The molecule has 0 aliphatic heterocycles. The first-order valence-electron chi connectivity index (χ1n) is 5.07. The molecule has 17 heavy (non-hydrogen) atoms. The summed E-state index contributed by atoms with van der Waals surface area (Å²) in [6.07, 6.45) is 2.28. The standard InChI is InChI=1S/C12H11NO3S/c14-9-3-1-8(2-4-9)5-11-13-7-10(17-11)6-12(15)16/h1-4,7,14H,5-6H2,(H,15,16). The summed E-state index contributed by atoms with van der Waals surface area (Å²) >= 11 is 1.41. The first-order chi connectivity index (χ1) is 8.13. The molecule has 1 aromatic carbocycles. The summed E-state index contributed by atoms with van der Waals surface area (Å²) in [6.45, 7) is 0. The number of aromatic nitrogens is 1. The minimum atomic E-state index is -0.843. The molecule has 1 aromatic heterocycles. The first kappa shape index (κ1) is 11.6. The fourth-order valence-corrected chi connectivity index (χ4v) is 2.40. The van der Waals surface area contributed by atoms with E-state index in [0.717, 1.165) is 15.4 Å². The van der Waals surface area contributed by atoms with Gasteiger partial charge in [-0.05, 0) is 17.7 Å². The fourth-order valence-electron chi connectivity index (χ4n) is 1.45. The monoisotopic (exact) mass is 249 g/mol. The third-order valence-corrected chi connectivity index (χ3v) is 3.22. The maximum Gasteiger partial charge on any atom is 0.308 e. The topological polar surface area (TPSA) is 70.4 Å². The Morgan fingerprint density at radius 3 is 2.65 bits per heavy atom. The summed E-state index contributed by atoms with van der Waals surface area (Å²) in [4.78, 5) is 15.5. The van der Waals surface area contributed by atoms with Gasteiger partial charge in [0, 0.05) is 17.5 Å². The minimum absolute atomic E-state index is 0.0211. The fraction of sp³-hybridized carbons (Fsp3) is 0.167. The highest BCUT2D eigenvalue weighted by molar-refractivity contribution is 7.11. The zero-order chi connectivity index (χ0) is 12.3. The molecule has 0 aliphatic carbocycles. The Balaban J connectivity index is 2.06. The van der Waals surface area contributed by atoms with E-state index in [0.29, 0.717) is 6.42 Å². The second-order valence-corrected chi connectivity index (χ2v) is 4.83. The molecule has 1 heterocycles. The van der Waals surface area contributed by atoms with Gasteiger partial charge in [0.15, 0.2) is 0 Å². The smallest absolute Gasteiger partial charge is 0.308 e. The average Bonchev–Trinajstić information content (AvgIpc) is 2.68. The van der Waals surface area contributed by atoms with Gasteiger partial charge in [0.2, 0.25) is 0 Å². The van der Waals surface area contributed by atoms with Crippen molar-refractivity contribution in [3.63, 3.8) is 0 Å². The van der Waals surface area contributed by atoms with Gasteiger partial charge in [-0.25, -0.2) is 4.98 Å². The van der Waals surface area contributed by atoms with E-state index in [-0.39, 0.29) is 12.2 Å². The predicted molar refractivity (Wildman–Crippen MR) is 64.4 cm³/mol. The van der Waals surface area contributed by atoms with Gasteiger partial charge in [0.25, 0.3) is 0 Å². The highest BCUT2D eigenvalue weighted by atomic mass is 32.1. The Labute approximate surface area is 102 Å². The molecule has 0 spiro atoms. The van der Waals surface area contributed by atoms with E-state index in [2.05, 4.69) is 4.98 Å². The van der Waals surface area contributed by atoms with Gasteiger partial charge in [-0.15, -0.1) is 11.3 Å². The molecule has 5 heteroatoms. The summed E-state index contributed by atoms with van der Waals surface area (Å²) in [5.41, 5.74) is 1.04. The largest absolute Gasteiger partial charge is 0.508 e. The molecule has 0 bridgehead atoms. The number of carboxylic acid groups (broad SMARTS) is 1. The maximum absolute atomic E-state index is 10.5. The molecule has 0 fully saturated rings. The molecule has 0 amide bonds. The molecule has 0 unspecified atom stereocenters. The average molecular weight is 249 g/mol. The van der Waals surface area contributed by atoms with Crippen LogP contribution in [0.25, 0.3) is 0 Å². The zero-order valence-electron chi connectivity index (χ0n) is 8.96. The lowest BCUT2D eigenvalue weighted by Crippen LogP contribution is -1.97. The Kier molecular flexibility index (Phi) is 3.39. The van der Waals surface area contributed by atoms with Crippen LogP contribution in [0.5, 0.6) is 5.75 Å². The lowest BCUT2D eigenvalue weighted by atomic mass is 10.1. The molecule has 0 radical (unpaired) electrons. The Bertz CT molecular complexity index is 519. The van der Waals surface area contributed by atoms with Gasteiger partial charge in [0.05, 0.1) is 11.4 Å². The number of phenols is 1. The summed E-state index contributed by atoms with van der Waals surface area (Å²) < 4.78 is 0. The van der Waals surface area contributed by atoms with Crippen LogP contribution >= 0.6 is 11.3 Å². The number of thiazole rings is 1. The van der Waals surface area contributed by atoms with Crippen LogP contribution in [0.3, 0.4) is 0 Å². The van der Waals surface area contributed by atoms with Gasteiger partial charge < -0.3 is 10.2 Å². The number of carboxylic acids is 1. The number of aromatic hydroxyl groups is 1. The van der Waals surface area contributed by atoms with Crippen LogP contribution in [0.15, 0.2) is 30.5 Å². The Morgan fingerprint density at radius 1 is 1.29 bits per heavy atom. The molecule has 0 saturated carbocycles. The van der Waals surface area contributed by atoms with Gasteiger partial charge in [-0.1, -0.05) is 12.1 Å². The van der Waals surface area contributed by atoms with E-state index in [4.69, 9.17) is 10.2 Å². The van der Waals surface area contributed by atoms with E-state index in [9.17, 15) is 4.79 Å². The Morgan fingerprint density at radius 2 is 2.00 bits per heavy atom. The third kappa shape index (κ3) is 3.29. The van der Waals surface area contributed by atoms with E-state index in [1.165, 1.54) is 11.3 Å². The van der Waals surface area contributed by atoms with Crippen molar-refractivity contribution in [1.29, 1.82) is 0 Å². The number of aliphatic carboxylic acids is 1. The maximum atomic E-state index is 10.5. The van der Waals surface area contributed by atoms with Crippen molar-refractivity contribution < 1.29 is 15.0 Å². The summed E-state index contributed by atoms with van der Waals surface area (Å²) in [5, 5.41) is 18.7. The molecular formula is C12H11NO3S.